The monoisotopic (exact) mass is 457 g/mol. The van der Waals surface area contributed by atoms with Gasteiger partial charge in [0.05, 0.1) is 0 Å². The minimum absolute atomic E-state index is 0.0450. The molecule has 7 nitrogen and oxygen atoms in total. The number of nitrogens with zero attached hydrogens (tertiary/aromatic N) is 1. The molecule has 32 heavy (non-hydrogen) atoms. The van der Waals surface area contributed by atoms with E-state index in [4.69, 9.17) is 4.74 Å². The molecule has 0 saturated carbocycles. The van der Waals surface area contributed by atoms with Gasteiger partial charge in [-0.1, -0.05) is 48.5 Å². The van der Waals surface area contributed by atoms with Gasteiger partial charge in [-0.3, -0.25) is 9.59 Å². The maximum atomic E-state index is 13.3. The van der Waals surface area contributed by atoms with Crippen LogP contribution in [0.5, 0.6) is 0 Å². The Hall–Kier alpha value is -3.00. The van der Waals surface area contributed by atoms with E-state index < -0.39 is 29.7 Å². The van der Waals surface area contributed by atoms with E-state index >= 15 is 0 Å². The molecule has 0 fully saturated rings. The molecule has 0 radical (unpaired) electrons. The molecule has 8 heteroatoms. The summed E-state index contributed by atoms with van der Waals surface area (Å²) in [6.07, 6.45) is -0.723. The van der Waals surface area contributed by atoms with E-state index in [-0.39, 0.29) is 11.7 Å². The van der Waals surface area contributed by atoms with E-state index in [0.717, 1.165) is 5.56 Å². The Morgan fingerprint density at radius 2 is 1.62 bits per heavy atom. The smallest absolute Gasteiger partial charge is 0.408 e. The number of benzene rings is 2. The standard InChI is InChI=1S/C24H31N3O4S/c1-16-11-9-10-14-18(16)25-21(28)20(17-12-7-6-8-13-17)27(5)22(29)19(15-32)26-23(30)31-24(2,3)4/h6-14,19-20,32H,15H2,1-5H3,(H,25,28)(H,26,30). The second-order valence-electron chi connectivity index (χ2n) is 8.45. The predicted molar refractivity (Wildman–Crippen MR) is 129 cm³/mol. The van der Waals surface area contributed by atoms with Crippen molar-refractivity contribution in [3.05, 3.63) is 65.7 Å². The number of rotatable bonds is 7. The number of carbonyl (C=O) groups excluding carboxylic acids is 3. The maximum Gasteiger partial charge on any atom is 0.408 e. The molecular formula is C24H31N3O4S. The minimum atomic E-state index is -0.962. The molecule has 172 valence electrons. The minimum Gasteiger partial charge on any atom is -0.444 e. The molecule has 0 aromatic heterocycles. The van der Waals surface area contributed by atoms with Crippen LogP contribution in [-0.2, 0) is 14.3 Å². The van der Waals surface area contributed by atoms with Crippen molar-refractivity contribution in [1.82, 2.24) is 10.2 Å². The molecule has 0 aliphatic rings. The van der Waals surface area contributed by atoms with Crippen molar-refractivity contribution in [1.29, 1.82) is 0 Å². The number of likely N-dealkylation sites (N-methyl/N-ethyl adjacent to an activating group) is 1. The van der Waals surface area contributed by atoms with Gasteiger partial charge in [-0.05, 0) is 44.9 Å². The summed E-state index contributed by atoms with van der Waals surface area (Å²) in [5.41, 5.74) is 1.50. The molecule has 0 bridgehead atoms. The molecule has 0 aliphatic carbocycles. The number of alkyl carbamates (subject to hydrolysis) is 1. The fourth-order valence-electron chi connectivity index (χ4n) is 3.11. The Morgan fingerprint density at radius 1 is 1.03 bits per heavy atom. The Labute approximate surface area is 194 Å². The topological polar surface area (TPSA) is 87.7 Å². The summed E-state index contributed by atoms with van der Waals surface area (Å²) >= 11 is 4.22. The Kier molecular flexibility index (Phi) is 8.72. The molecule has 3 amide bonds. The van der Waals surface area contributed by atoms with Crippen molar-refractivity contribution in [2.24, 2.45) is 0 Å². The van der Waals surface area contributed by atoms with Crippen molar-refractivity contribution in [2.75, 3.05) is 18.1 Å². The lowest BCUT2D eigenvalue weighted by Crippen LogP contribution is -2.52. The lowest BCUT2D eigenvalue weighted by Gasteiger charge is -2.31. The number of nitrogens with one attached hydrogen (secondary N) is 2. The zero-order chi connectivity index (χ0) is 23.9. The van der Waals surface area contributed by atoms with Crippen LogP contribution in [0.3, 0.4) is 0 Å². The molecule has 2 N–H and O–H groups in total. The van der Waals surface area contributed by atoms with Crippen LogP contribution in [0, 0.1) is 6.92 Å². The summed E-state index contributed by atoms with van der Waals surface area (Å²) in [6.45, 7) is 7.09. The Balaban J connectivity index is 2.28. The van der Waals surface area contributed by atoms with Crippen molar-refractivity contribution in [2.45, 2.75) is 45.4 Å². The van der Waals surface area contributed by atoms with E-state index in [1.54, 1.807) is 51.1 Å². The summed E-state index contributed by atoms with van der Waals surface area (Å²) < 4.78 is 5.25. The first-order valence-corrected chi connectivity index (χ1v) is 10.9. The van der Waals surface area contributed by atoms with Crippen LogP contribution in [-0.4, -0.2) is 47.3 Å². The van der Waals surface area contributed by atoms with Gasteiger partial charge in [0, 0.05) is 18.5 Å². The molecule has 2 atom stereocenters. The number of ether oxygens (including phenoxy) is 1. The van der Waals surface area contributed by atoms with E-state index in [0.29, 0.717) is 11.3 Å². The number of thiol groups is 1. The van der Waals surface area contributed by atoms with Gasteiger partial charge in [0.15, 0.2) is 0 Å². The highest BCUT2D eigenvalue weighted by Gasteiger charge is 2.33. The second-order valence-corrected chi connectivity index (χ2v) is 8.81. The van der Waals surface area contributed by atoms with Crippen molar-refractivity contribution >= 4 is 36.2 Å². The number of amides is 3. The quantitative estimate of drug-likeness (QED) is 0.549. The normalized spacial score (nSPS) is 12.9. The van der Waals surface area contributed by atoms with Gasteiger partial charge in [0.1, 0.15) is 17.7 Å². The van der Waals surface area contributed by atoms with Crippen LogP contribution in [0.4, 0.5) is 10.5 Å². The van der Waals surface area contributed by atoms with Crippen molar-refractivity contribution in [3.8, 4) is 0 Å². The number of anilines is 1. The van der Waals surface area contributed by atoms with E-state index in [2.05, 4.69) is 23.3 Å². The van der Waals surface area contributed by atoms with Crippen LogP contribution in [0.1, 0.15) is 37.9 Å². The summed E-state index contributed by atoms with van der Waals surface area (Å²) in [4.78, 5) is 40.0. The highest BCUT2D eigenvalue weighted by molar-refractivity contribution is 7.80. The van der Waals surface area contributed by atoms with Crippen LogP contribution < -0.4 is 10.6 Å². The van der Waals surface area contributed by atoms with Gasteiger partial charge in [-0.2, -0.15) is 12.6 Å². The fourth-order valence-corrected chi connectivity index (χ4v) is 3.36. The van der Waals surface area contributed by atoms with E-state index in [1.165, 1.54) is 11.9 Å². The first-order chi connectivity index (χ1) is 15.0. The first kappa shape index (κ1) is 25.3. The maximum absolute atomic E-state index is 13.3. The van der Waals surface area contributed by atoms with Gasteiger partial charge in [-0.25, -0.2) is 4.79 Å². The number of para-hydroxylation sites is 1. The molecule has 0 heterocycles. The van der Waals surface area contributed by atoms with Gasteiger partial charge < -0.3 is 20.3 Å². The number of aryl methyl sites for hydroxylation is 1. The van der Waals surface area contributed by atoms with Gasteiger partial charge in [-0.15, -0.1) is 0 Å². The van der Waals surface area contributed by atoms with Crippen LogP contribution in [0.25, 0.3) is 0 Å². The molecule has 0 spiro atoms. The van der Waals surface area contributed by atoms with Gasteiger partial charge >= 0.3 is 6.09 Å². The second kappa shape index (κ2) is 11.0. The predicted octanol–water partition coefficient (Wildman–Crippen LogP) is 3.96. The highest BCUT2D eigenvalue weighted by atomic mass is 32.1. The zero-order valence-corrected chi connectivity index (χ0v) is 20.0. The summed E-state index contributed by atoms with van der Waals surface area (Å²) in [5.74, 6) is -0.778. The fraction of sp³-hybridized carbons (Fsp3) is 0.375. The average molecular weight is 458 g/mol. The van der Waals surface area contributed by atoms with Crippen molar-refractivity contribution < 1.29 is 19.1 Å². The molecule has 2 aromatic carbocycles. The third kappa shape index (κ3) is 7.02. The number of carbonyl (C=O) groups is 3. The highest BCUT2D eigenvalue weighted by Crippen LogP contribution is 2.24. The molecule has 0 aliphatic heterocycles. The molecular weight excluding hydrogens is 426 g/mol. The van der Waals surface area contributed by atoms with Crippen molar-refractivity contribution in [3.63, 3.8) is 0 Å². The van der Waals surface area contributed by atoms with Gasteiger partial charge in [0.2, 0.25) is 5.91 Å². The largest absolute Gasteiger partial charge is 0.444 e. The van der Waals surface area contributed by atoms with Crippen LogP contribution >= 0.6 is 12.6 Å². The number of hydrogen-bond acceptors (Lipinski definition) is 5. The summed E-state index contributed by atoms with van der Waals surface area (Å²) in [6, 6.07) is 14.5. The Morgan fingerprint density at radius 3 is 2.19 bits per heavy atom. The molecule has 2 unspecified atom stereocenters. The first-order valence-electron chi connectivity index (χ1n) is 10.3. The average Bonchev–Trinajstić information content (AvgIpc) is 2.72. The molecule has 2 rings (SSSR count). The van der Waals surface area contributed by atoms with E-state index in [1.807, 2.05) is 31.2 Å². The molecule has 0 saturated heterocycles. The lowest BCUT2D eigenvalue weighted by atomic mass is 10.0. The SMILES string of the molecule is Cc1ccccc1NC(=O)C(c1ccccc1)N(C)C(=O)C(CS)NC(=O)OC(C)(C)C. The van der Waals surface area contributed by atoms with Crippen LogP contribution in [0.15, 0.2) is 54.6 Å². The van der Waals surface area contributed by atoms with Crippen LogP contribution in [0.2, 0.25) is 0 Å². The lowest BCUT2D eigenvalue weighted by molar-refractivity contribution is -0.138. The third-order valence-electron chi connectivity index (χ3n) is 4.67. The molecule has 2 aromatic rings. The third-order valence-corrected chi connectivity index (χ3v) is 5.04. The summed E-state index contributed by atoms with van der Waals surface area (Å²) in [7, 11) is 1.53. The Bertz CT molecular complexity index is 944. The number of hydrogen-bond donors (Lipinski definition) is 3. The van der Waals surface area contributed by atoms with E-state index in [9.17, 15) is 14.4 Å². The zero-order valence-electron chi connectivity index (χ0n) is 19.1. The summed E-state index contributed by atoms with van der Waals surface area (Å²) in [5, 5.41) is 5.46. The van der Waals surface area contributed by atoms with Gasteiger partial charge in [0.25, 0.3) is 5.91 Å².